The molecule has 8 heteroatoms. The Balaban J connectivity index is 2.48. The zero-order valence-electron chi connectivity index (χ0n) is 14.9. The molecule has 0 bridgehead atoms. The molecule has 0 aromatic carbocycles. The van der Waals surface area contributed by atoms with Crippen molar-refractivity contribution in [3.63, 3.8) is 0 Å². The van der Waals surface area contributed by atoms with Crippen molar-refractivity contribution in [2.24, 2.45) is 13.0 Å². The summed E-state index contributed by atoms with van der Waals surface area (Å²) in [7, 11) is 7.22. The van der Waals surface area contributed by atoms with Crippen LogP contribution in [-0.2, 0) is 21.4 Å². The van der Waals surface area contributed by atoms with Crippen LogP contribution in [0, 0.1) is 12.8 Å². The summed E-state index contributed by atoms with van der Waals surface area (Å²) >= 11 is 0. The number of carboxylic acids is 1. The van der Waals surface area contributed by atoms with Gasteiger partial charge < -0.3 is 19.6 Å². The molecule has 0 aliphatic carbocycles. The molecule has 1 N–H and O–H groups in total. The van der Waals surface area contributed by atoms with Crippen LogP contribution in [0.1, 0.15) is 30.1 Å². The number of amides is 1. The largest absolute Gasteiger partial charge is 0.481 e. The number of aliphatic carboxylic acids is 1. The molecule has 1 aromatic heterocycles. The standard InChI is InChI=1S/C16H26N4O4/c1-10-13(15(18(2)3)19(4)17-10)14-11(16(22)23)9-12(21)20(14)7-6-8-24-5/h11,14H,6-9H2,1-5H3,(H,22,23)/t11-,14-/m0/s1. The van der Waals surface area contributed by atoms with Crippen LogP contribution >= 0.6 is 0 Å². The third kappa shape index (κ3) is 3.24. The Bertz CT molecular complexity index is 626. The molecule has 1 aliphatic rings. The van der Waals surface area contributed by atoms with Crippen LogP contribution in [-0.4, -0.2) is 66.0 Å². The zero-order chi connectivity index (χ0) is 18.0. The average molecular weight is 338 g/mol. The Morgan fingerprint density at radius 1 is 1.46 bits per heavy atom. The van der Waals surface area contributed by atoms with Gasteiger partial charge in [-0.25, -0.2) is 0 Å². The molecule has 0 saturated carbocycles. The Morgan fingerprint density at radius 2 is 2.12 bits per heavy atom. The molecule has 134 valence electrons. The van der Waals surface area contributed by atoms with Gasteiger partial charge in [-0.1, -0.05) is 0 Å². The van der Waals surface area contributed by atoms with E-state index >= 15 is 0 Å². The lowest BCUT2D eigenvalue weighted by molar-refractivity contribution is -0.142. The summed E-state index contributed by atoms with van der Waals surface area (Å²) in [5, 5.41) is 14.1. The van der Waals surface area contributed by atoms with Crippen LogP contribution in [0.2, 0.25) is 0 Å². The van der Waals surface area contributed by atoms with Gasteiger partial charge in [-0.3, -0.25) is 14.3 Å². The van der Waals surface area contributed by atoms with Gasteiger partial charge in [-0.05, 0) is 13.3 Å². The highest BCUT2D eigenvalue weighted by molar-refractivity contribution is 5.88. The van der Waals surface area contributed by atoms with E-state index in [1.165, 1.54) is 0 Å². The molecule has 1 saturated heterocycles. The number of hydrogen-bond acceptors (Lipinski definition) is 5. The smallest absolute Gasteiger partial charge is 0.309 e. The van der Waals surface area contributed by atoms with Gasteiger partial charge in [-0.2, -0.15) is 5.10 Å². The van der Waals surface area contributed by atoms with Crippen molar-refractivity contribution >= 4 is 17.7 Å². The second-order valence-corrected chi connectivity index (χ2v) is 6.37. The zero-order valence-corrected chi connectivity index (χ0v) is 14.9. The van der Waals surface area contributed by atoms with Crippen LogP contribution in [0.15, 0.2) is 0 Å². The number of aromatic nitrogens is 2. The second-order valence-electron chi connectivity index (χ2n) is 6.37. The maximum atomic E-state index is 12.4. The van der Waals surface area contributed by atoms with E-state index in [9.17, 15) is 14.7 Å². The highest BCUT2D eigenvalue weighted by Crippen LogP contribution is 2.43. The lowest BCUT2D eigenvalue weighted by Crippen LogP contribution is -2.33. The molecular formula is C16H26N4O4. The first kappa shape index (κ1) is 18.3. The fourth-order valence-corrected chi connectivity index (χ4v) is 3.55. The average Bonchev–Trinajstić information content (AvgIpc) is 2.96. The van der Waals surface area contributed by atoms with Crippen LogP contribution in [0.4, 0.5) is 5.82 Å². The Hall–Kier alpha value is -2.09. The quantitative estimate of drug-likeness (QED) is 0.740. The van der Waals surface area contributed by atoms with Crippen molar-refractivity contribution in [1.82, 2.24) is 14.7 Å². The summed E-state index contributed by atoms with van der Waals surface area (Å²) in [5.74, 6) is -1.01. The molecule has 24 heavy (non-hydrogen) atoms. The van der Waals surface area contributed by atoms with Crippen molar-refractivity contribution in [2.75, 3.05) is 39.3 Å². The summed E-state index contributed by atoms with van der Waals surface area (Å²) in [4.78, 5) is 27.8. The molecule has 2 heterocycles. The number of hydrogen-bond donors (Lipinski definition) is 1. The number of carbonyl (C=O) groups is 2. The molecule has 2 rings (SSSR count). The molecule has 0 unspecified atom stereocenters. The summed E-state index contributed by atoms with van der Waals surface area (Å²) in [5.41, 5.74) is 1.57. The normalized spacial score (nSPS) is 20.7. The number of anilines is 1. The number of methoxy groups -OCH3 is 1. The molecule has 2 atom stereocenters. The summed E-state index contributed by atoms with van der Waals surface area (Å²) in [6.07, 6.45) is 0.690. The number of carboxylic acid groups (broad SMARTS) is 1. The molecule has 1 aliphatic heterocycles. The van der Waals surface area contributed by atoms with E-state index in [-0.39, 0.29) is 12.3 Å². The molecule has 1 aromatic rings. The first-order valence-corrected chi connectivity index (χ1v) is 8.01. The van der Waals surface area contributed by atoms with Crippen LogP contribution in [0.3, 0.4) is 0 Å². The Kier molecular flexibility index (Phi) is 5.48. The topological polar surface area (TPSA) is 87.9 Å². The van der Waals surface area contributed by atoms with Gasteiger partial charge in [-0.15, -0.1) is 0 Å². The number of carbonyl (C=O) groups excluding carboxylic acids is 1. The second kappa shape index (κ2) is 7.21. The number of rotatable bonds is 7. The molecule has 1 amide bonds. The third-order valence-electron chi connectivity index (χ3n) is 4.45. The SMILES string of the molecule is COCCCN1C(=O)C[C@H](C(=O)O)[C@H]1c1c(C)nn(C)c1N(C)C. The van der Waals surface area contributed by atoms with E-state index in [4.69, 9.17) is 4.74 Å². The van der Waals surface area contributed by atoms with E-state index < -0.39 is 17.9 Å². The van der Waals surface area contributed by atoms with Gasteiger partial charge in [0.1, 0.15) is 5.82 Å². The number of nitrogens with zero attached hydrogens (tertiary/aromatic N) is 4. The van der Waals surface area contributed by atoms with Gasteiger partial charge in [0.25, 0.3) is 0 Å². The van der Waals surface area contributed by atoms with Crippen molar-refractivity contribution < 1.29 is 19.4 Å². The minimum Gasteiger partial charge on any atom is -0.481 e. The predicted octanol–water partition coefficient (Wildman–Crippen LogP) is 0.805. The van der Waals surface area contributed by atoms with Gasteiger partial charge >= 0.3 is 5.97 Å². The summed E-state index contributed by atoms with van der Waals surface area (Å²) in [6, 6.07) is -0.502. The van der Waals surface area contributed by atoms with Gasteiger partial charge in [0.05, 0.1) is 17.7 Å². The van der Waals surface area contributed by atoms with Crippen molar-refractivity contribution in [3.8, 4) is 0 Å². The number of likely N-dealkylation sites (tertiary alicyclic amines) is 1. The first-order chi connectivity index (χ1) is 11.3. The van der Waals surface area contributed by atoms with Crippen LogP contribution in [0.5, 0.6) is 0 Å². The Morgan fingerprint density at radius 3 is 2.67 bits per heavy atom. The fourth-order valence-electron chi connectivity index (χ4n) is 3.55. The Labute approximate surface area is 142 Å². The minimum absolute atomic E-state index is 0.0220. The van der Waals surface area contributed by atoms with Crippen molar-refractivity contribution in [1.29, 1.82) is 0 Å². The maximum absolute atomic E-state index is 12.4. The summed E-state index contributed by atoms with van der Waals surface area (Å²) < 4.78 is 6.80. The molecular weight excluding hydrogens is 312 g/mol. The highest BCUT2D eigenvalue weighted by Gasteiger charge is 2.47. The first-order valence-electron chi connectivity index (χ1n) is 8.01. The van der Waals surface area contributed by atoms with Crippen LogP contribution < -0.4 is 4.90 Å². The number of ether oxygens (including phenoxy) is 1. The van der Waals surface area contributed by atoms with E-state index in [1.54, 1.807) is 16.7 Å². The highest BCUT2D eigenvalue weighted by atomic mass is 16.5. The summed E-state index contributed by atoms with van der Waals surface area (Å²) in [6.45, 7) is 2.86. The lowest BCUT2D eigenvalue weighted by atomic mass is 9.93. The van der Waals surface area contributed by atoms with Crippen molar-refractivity contribution in [2.45, 2.75) is 25.8 Å². The van der Waals surface area contributed by atoms with E-state index in [0.29, 0.717) is 19.6 Å². The van der Waals surface area contributed by atoms with Crippen LogP contribution in [0.25, 0.3) is 0 Å². The van der Waals surface area contributed by atoms with E-state index in [1.807, 2.05) is 33.0 Å². The van der Waals surface area contributed by atoms with E-state index in [0.717, 1.165) is 17.1 Å². The predicted molar refractivity (Wildman–Crippen MR) is 89.0 cm³/mol. The molecule has 1 fully saturated rings. The number of aryl methyl sites for hydroxylation is 2. The third-order valence-corrected chi connectivity index (χ3v) is 4.45. The van der Waals surface area contributed by atoms with Gasteiger partial charge in [0.2, 0.25) is 5.91 Å². The van der Waals surface area contributed by atoms with Crippen molar-refractivity contribution in [3.05, 3.63) is 11.3 Å². The van der Waals surface area contributed by atoms with Gasteiger partial charge in [0.15, 0.2) is 0 Å². The molecule has 0 radical (unpaired) electrons. The monoisotopic (exact) mass is 338 g/mol. The lowest BCUT2D eigenvalue weighted by Gasteiger charge is -2.29. The molecule has 8 nitrogen and oxygen atoms in total. The van der Waals surface area contributed by atoms with Gasteiger partial charge in [0, 0.05) is 53.4 Å². The maximum Gasteiger partial charge on any atom is 0.309 e. The molecule has 0 spiro atoms. The minimum atomic E-state index is -0.949. The van der Waals surface area contributed by atoms with E-state index in [2.05, 4.69) is 5.10 Å². The fraction of sp³-hybridized carbons (Fsp3) is 0.688.